The second-order valence-corrected chi connectivity index (χ2v) is 6.93. The number of benzene rings is 1. The van der Waals surface area contributed by atoms with E-state index >= 15 is 0 Å². The zero-order valence-electron chi connectivity index (χ0n) is 12.3. The molecule has 2 rings (SSSR count). The van der Waals surface area contributed by atoms with Crippen LogP contribution >= 0.6 is 15.9 Å². The smallest absolute Gasteiger partial charge is 0.124 e. The van der Waals surface area contributed by atoms with E-state index in [1.165, 1.54) is 18.9 Å². The van der Waals surface area contributed by atoms with Gasteiger partial charge in [-0.25, -0.2) is 4.39 Å². The first-order chi connectivity index (χ1) is 9.54. The molecular formula is C16H24BrFN2. The molecule has 0 radical (unpaired) electrons. The molecule has 112 valence electrons. The minimum Gasteiger partial charge on any atom is -0.316 e. The molecule has 1 unspecified atom stereocenters. The van der Waals surface area contributed by atoms with Gasteiger partial charge in [-0.2, -0.15) is 0 Å². The van der Waals surface area contributed by atoms with Gasteiger partial charge in [0.1, 0.15) is 5.82 Å². The molecular weight excluding hydrogens is 319 g/mol. The molecule has 0 bridgehead atoms. The van der Waals surface area contributed by atoms with Crippen LogP contribution in [0.4, 0.5) is 4.39 Å². The average molecular weight is 343 g/mol. The van der Waals surface area contributed by atoms with Crippen LogP contribution in [-0.4, -0.2) is 30.6 Å². The first-order valence-electron chi connectivity index (χ1n) is 7.44. The summed E-state index contributed by atoms with van der Waals surface area (Å²) in [6.45, 7) is 8.57. The summed E-state index contributed by atoms with van der Waals surface area (Å²) in [5.74, 6) is 0.542. The van der Waals surface area contributed by atoms with Crippen molar-refractivity contribution in [3.63, 3.8) is 0 Å². The average Bonchev–Trinajstić information content (AvgIpc) is 2.38. The summed E-state index contributed by atoms with van der Waals surface area (Å²) in [6, 6.07) is 5.63. The Morgan fingerprint density at radius 1 is 1.40 bits per heavy atom. The fourth-order valence-electron chi connectivity index (χ4n) is 2.81. The Kier molecular flexibility index (Phi) is 6.00. The van der Waals surface area contributed by atoms with Crippen molar-refractivity contribution in [3.8, 4) is 0 Å². The Bertz CT molecular complexity index is 410. The van der Waals surface area contributed by atoms with Gasteiger partial charge >= 0.3 is 0 Å². The summed E-state index contributed by atoms with van der Waals surface area (Å²) in [7, 11) is 0. The van der Waals surface area contributed by atoms with Crippen LogP contribution in [0.3, 0.4) is 0 Å². The lowest BCUT2D eigenvalue weighted by atomic mass is 9.98. The Morgan fingerprint density at radius 3 is 2.80 bits per heavy atom. The third-order valence-corrected chi connectivity index (χ3v) is 4.39. The van der Waals surface area contributed by atoms with Crippen LogP contribution in [-0.2, 0) is 6.54 Å². The Balaban J connectivity index is 2.00. The summed E-state index contributed by atoms with van der Waals surface area (Å²) in [6.07, 6.45) is 2.56. The molecule has 2 nitrogen and oxygen atoms in total. The molecule has 4 heteroatoms. The van der Waals surface area contributed by atoms with Crippen LogP contribution in [0.15, 0.2) is 22.7 Å². The molecule has 1 aliphatic heterocycles. The quantitative estimate of drug-likeness (QED) is 0.875. The third kappa shape index (κ3) is 4.83. The van der Waals surface area contributed by atoms with E-state index in [0.29, 0.717) is 12.0 Å². The highest BCUT2D eigenvalue weighted by Crippen LogP contribution is 2.19. The lowest BCUT2D eigenvalue weighted by Crippen LogP contribution is -2.40. The van der Waals surface area contributed by atoms with Gasteiger partial charge in [-0.15, -0.1) is 0 Å². The first-order valence-corrected chi connectivity index (χ1v) is 8.23. The molecule has 20 heavy (non-hydrogen) atoms. The van der Waals surface area contributed by atoms with Gasteiger partial charge in [0.05, 0.1) is 0 Å². The van der Waals surface area contributed by atoms with E-state index in [9.17, 15) is 4.39 Å². The molecule has 1 aromatic carbocycles. The summed E-state index contributed by atoms with van der Waals surface area (Å²) in [4.78, 5) is 2.44. The molecule has 1 aliphatic rings. The summed E-state index contributed by atoms with van der Waals surface area (Å²) >= 11 is 3.37. The van der Waals surface area contributed by atoms with E-state index in [1.807, 2.05) is 6.07 Å². The van der Waals surface area contributed by atoms with Gasteiger partial charge in [0.25, 0.3) is 0 Å². The Morgan fingerprint density at radius 2 is 2.20 bits per heavy atom. The van der Waals surface area contributed by atoms with Gasteiger partial charge in [-0.3, -0.25) is 4.90 Å². The van der Waals surface area contributed by atoms with Crippen molar-refractivity contribution < 1.29 is 4.39 Å². The number of rotatable bonds is 5. The normalized spacial score (nSPS) is 19.8. The number of nitrogens with zero attached hydrogens (tertiary/aromatic N) is 1. The zero-order valence-corrected chi connectivity index (χ0v) is 13.9. The van der Waals surface area contributed by atoms with Crippen LogP contribution in [0.25, 0.3) is 0 Å². The van der Waals surface area contributed by atoms with E-state index in [1.54, 1.807) is 6.07 Å². The molecule has 0 saturated carbocycles. The SMILES string of the molecule is CC(C)N(Cc1cc(F)cc(Br)c1)CC1CCCNC1. The van der Waals surface area contributed by atoms with Crippen LogP contribution < -0.4 is 5.32 Å². The lowest BCUT2D eigenvalue weighted by molar-refractivity contribution is 0.163. The third-order valence-electron chi connectivity index (χ3n) is 3.93. The van der Waals surface area contributed by atoms with Gasteiger partial charge in [0.2, 0.25) is 0 Å². The number of nitrogens with one attached hydrogen (secondary N) is 1. The predicted octanol–water partition coefficient (Wildman–Crippen LogP) is 3.80. The standard InChI is InChI=1S/C16H24BrFN2/c1-12(2)20(10-13-4-3-5-19-9-13)11-14-6-15(17)8-16(18)7-14/h6-8,12-13,19H,3-5,9-11H2,1-2H3. The molecule has 1 aromatic rings. The van der Waals surface area contributed by atoms with Gasteiger partial charge < -0.3 is 5.32 Å². The molecule has 0 aromatic heterocycles. The maximum Gasteiger partial charge on any atom is 0.124 e. The highest BCUT2D eigenvalue weighted by molar-refractivity contribution is 9.10. The molecule has 1 atom stereocenters. The minimum atomic E-state index is -0.169. The van der Waals surface area contributed by atoms with Gasteiger partial charge in [-0.05, 0) is 69.5 Å². The van der Waals surface area contributed by atoms with Crippen molar-refractivity contribution in [1.82, 2.24) is 10.2 Å². The largest absolute Gasteiger partial charge is 0.316 e. The molecule has 0 spiro atoms. The van der Waals surface area contributed by atoms with Crippen LogP contribution in [0.1, 0.15) is 32.3 Å². The maximum atomic E-state index is 13.5. The monoisotopic (exact) mass is 342 g/mol. The van der Waals surface area contributed by atoms with Crippen LogP contribution in [0.2, 0.25) is 0 Å². The van der Waals surface area contributed by atoms with Crippen molar-refractivity contribution in [3.05, 3.63) is 34.1 Å². The van der Waals surface area contributed by atoms with E-state index in [4.69, 9.17) is 0 Å². The van der Waals surface area contributed by atoms with Crippen LogP contribution in [0.5, 0.6) is 0 Å². The molecule has 1 N–H and O–H groups in total. The van der Waals surface area contributed by atoms with Crippen molar-refractivity contribution >= 4 is 15.9 Å². The first kappa shape index (κ1) is 15.9. The van der Waals surface area contributed by atoms with Crippen molar-refractivity contribution in [1.29, 1.82) is 0 Å². The highest BCUT2D eigenvalue weighted by atomic mass is 79.9. The van der Waals surface area contributed by atoms with E-state index in [0.717, 1.165) is 36.2 Å². The second-order valence-electron chi connectivity index (χ2n) is 6.01. The van der Waals surface area contributed by atoms with E-state index < -0.39 is 0 Å². The van der Waals surface area contributed by atoms with Gasteiger partial charge in [0.15, 0.2) is 0 Å². The van der Waals surface area contributed by atoms with E-state index in [-0.39, 0.29) is 5.82 Å². The second kappa shape index (κ2) is 7.53. The summed E-state index contributed by atoms with van der Waals surface area (Å²) < 4.78 is 14.3. The highest BCUT2D eigenvalue weighted by Gasteiger charge is 2.19. The maximum absolute atomic E-state index is 13.5. The molecule has 0 aliphatic carbocycles. The fourth-order valence-corrected chi connectivity index (χ4v) is 3.32. The van der Waals surface area contributed by atoms with Gasteiger partial charge in [-0.1, -0.05) is 15.9 Å². The van der Waals surface area contributed by atoms with Gasteiger partial charge in [0, 0.05) is 23.6 Å². The predicted molar refractivity (Wildman–Crippen MR) is 85.2 cm³/mol. The lowest BCUT2D eigenvalue weighted by Gasteiger charge is -2.33. The number of piperidine rings is 1. The zero-order chi connectivity index (χ0) is 14.5. The summed E-state index contributed by atoms with van der Waals surface area (Å²) in [5.41, 5.74) is 1.04. The number of halogens is 2. The fraction of sp³-hybridized carbons (Fsp3) is 0.625. The van der Waals surface area contributed by atoms with Crippen molar-refractivity contribution in [2.24, 2.45) is 5.92 Å². The minimum absolute atomic E-state index is 0.169. The number of hydrogen-bond donors (Lipinski definition) is 1. The van der Waals surface area contributed by atoms with Crippen molar-refractivity contribution in [2.75, 3.05) is 19.6 Å². The molecule has 1 fully saturated rings. The Hall–Kier alpha value is -0.450. The molecule has 1 heterocycles. The summed E-state index contributed by atoms with van der Waals surface area (Å²) in [5, 5.41) is 3.47. The van der Waals surface area contributed by atoms with Crippen molar-refractivity contribution in [2.45, 2.75) is 39.3 Å². The van der Waals surface area contributed by atoms with E-state index in [2.05, 4.69) is 40.0 Å². The molecule has 0 amide bonds. The topological polar surface area (TPSA) is 15.3 Å². The molecule has 1 saturated heterocycles. The number of hydrogen-bond acceptors (Lipinski definition) is 2. The Labute approximate surface area is 129 Å². The van der Waals surface area contributed by atoms with Crippen LogP contribution in [0, 0.1) is 11.7 Å².